The second-order valence-corrected chi connectivity index (χ2v) is 5.11. The Kier molecular flexibility index (Phi) is 3.60. The van der Waals surface area contributed by atoms with Gasteiger partial charge in [0.25, 0.3) is 0 Å². The summed E-state index contributed by atoms with van der Waals surface area (Å²) in [5.41, 5.74) is 1.50. The molecule has 0 aliphatic heterocycles. The topological polar surface area (TPSA) is 78.2 Å². The highest BCUT2D eigenvalue weighted by molar-refractivity contribution is 6.30. The van der Waals surface area contributed by atoms with Crippen LogP contribution in [0.25, 0.3) is 10.9 Å². The number of nitro benzene ring substituents is 1. The Balaban J connectivity index is 2.11. The van der Waals surface area contributed by atoms with Crippen LogP contribution in [-0.4, -0.2) is 14.9 Å². The fraction of sp³-hybridized carbons (Fsp3) is 0.0667. The van der Waals surface area contributed by atoms with Crippen molar-refractivity contribution in [2.45, 2.75) is 6.92 Å². The summed E-state index contributed by atoms with van der Waals surface area (Å²) in [5, 5.41) is 12.1. The van der Waals surface area contributed by atoms with Crippen molar-refractivity contribution in [3.8, 4) is 11.6 Å². The van der Waals surface area contributed by atoms with Crippen molar-refractivity contribution in [3.05, 3.63) is 63.4 Å². The lowest BCUT2D eigenvalue weighted by atomic mass is 10.1. The van der Waals surface area contributed by atoms with E-state index in [1.54, 1.807) is 0 Å². The quantitative estimate of drug-likeness (QED) is 0.532. The predicted octanol–water partition coefficient (Wildman–Crippen LogP) is 4.29. The number of benzene rings is 2. The SMILES string of the molecule is Cc1ccc2ncnc(Oc3ccc(Cl)cc3[N+](=O)[O-])c2c1. The summed E-state index contributed by atoms with van der Waals surface area (Å²) in [6.07, 6.45) is 1.36. The number of halogens is 1. The molecule has 0 aliphatic rings. The van der Waals surface area contributed by atoms with Gasteiger partial charge in [0, 0.05) is 11.1 Å². The lowest BCUT2D eigenvalue weighted by Crippen LogP contribution is -1.96. The summed E-state index contributed by atoms with van der Waals surface area (Å²) < 4.78 is 5.64. The lowest BCUT2D eigenvalue weighted by Gasteiger charge is -2.08. The number of aromatic nitrogens is 2. The molecule has 0 aliphatic carbocycles. The highest BCUT2D eigenvalue weighted by Crippen LogP contribution is 2.35. The van der Waals surface area contributed by atoms with Crippen LogP contribution in [0.1, 0.15) is 5.56 Å². The third-order valence-electron chi connectivity index (χ3n) is 3.08. The highest BCUT2D eigenvalue weighted by Gasteiger charge is 2.18. The lowest BCUT2D eigenvalue weighted by molar-refractivity contribution is -0.385. The summed E-state index contributed by atoms with van der Waals surface area (Å²) in [6, 6.07) is 9.85. The van der Waals surface area contributed by atoms with Crippen LogP contribution in [0.3, 0.4) is 0 Å². The van der Waals surface area contributed by atoms with Crippen LogP contribution in [0.5, 0.6) is 11.6 Å². The second kappa shape index (κ2) is 5.57. The molecule has 3 aromatic rings. The van der Waals surface area contributed by atoms with Gasteiger partial charge in [-0.15, -0.1) is 0 Å². The van der Waals surface area contributed by atoms with Gasteiger partial charge in [-0.2, -0.15) is 0 Å². The molecule has 0 amide bonds. The van der Waals surface area contributed by atoms with Gasteiger partial charge in [-0.3, -0.25) is 10.1 Å². The van der Waals surface area contributed by atoms with Gasteiger partial charge in [0.05, 0.1) is 15.8 Å². The molecule has 2 aromatic carbocycles. The number of fused-ring (bicyclic) bond motifs is 1. The number of hydrogen-bond donors (Lipinski definition) is 0. The molecule has 6 nitrogen and oxygen atoms in total. The van der Waals surface area contributed by atoms with E-state index in [2.05, 4.69) is 9.97 Å². The normalized spacial score (nSPS) is 10.6. The minimum absolute atomic E-state index is 0.0795. The van der Waals surface area contributed by atoms with Gasteiger partial charge in [0.2, 0.25) is 11.6 Å². The highest BCUT2D eigenvalue weighted by atomic mass is 35.5. The van der Waals surface area contributed by atoms with Crippen molar-refractivity contribution >= 4 is 28.2 Å². The van der Waals surface area contributed by atoms with Gasteiger partial charge in [-0.05, 0) is 31.2 Å². The molecule has 0 fully saturated rings. The fourth-order valence-electron chi connectivity index (χ4n) is 2.05. The third-order valence-corrected chi connectivity index (χ3v) is 3.31. The zero-order valence-corrected chi connectivity index (χ0v) is 12.2. The summed E-state index contributed by atoms with van der Waals surface area (Å²) >= 11 is 5.79. The standard InChI is InChI=1S/C15H10ClN3O3/c1-9-2-4-12-11(6-9)15(18-8-17-12)22-14-5-3-10(16)7-13(14)19(20)21/h2-8H,1H3. The molecule has 22 heavy (non-hydrogen) atoms. The minimum Gasteiger partial charge on any atom is -0.431 e. The number of nitro groups is 1. The van der Waals surface area contributed by atoms with Crippen molar-refractivity contribution in [1.29, 1.82) is 0 Å². The molecule has 1 aromatic heterocycles. The molecule has 1 heterocycles. The fourth-order valence-corrected chi connectivity index (χ4v) is 2.22. The Morgan fingerprint density at radius 2 is 2.00 bits per heavy atom. The maximum absolute atomic E-state index is 11.1. The van der Waals surface area contributed by atoms with Crippen molar-refractivity contribution in [3.63, 3.8) is 0 Å². The summed E-state index contributed by atoms with van der Waals surface area (Å²) in [4.78, 5) is 18.8. The Hall–Kier alpha value is -2.73. The number of nitrogens with zero attached hydrogens (tertiary/aromatic N) is 3. The van der Waals surface area contributed by atoms with E-state index in [0.29, 0.717) is 10.9 Å². The minimum atomic E-state index is -0.546. The molecule has 0 unspecified atom stereocenters. The van der Waals surface area contributed by atoms with Gasteiger partial charge in [-0.1, -0.05) is 23.2 Å². The zero-order chi connectivity index (χ0) is 15.7. The van der Waals surface area contributed by atoms with E-state index in [4.69, 9.17) is 16.3 Å². The van der Waals surface area contributed by atoms with Crippen LogP contribution in [-0.2, 0) is 0 Å². The molecule has 0 bridgehead atoms. The molecule has 0 atom stereocenters. The van der Waals surface area contributed by atoms with E-state index in [9.17, 15) is 10.1 Å². The number of rotatable bonds is 3. The van der Waals surface area contributed by atoms with Crippen LogP contribution >= 0.6 is 11.6 Å². The molecular formula is C15H10ClN3O3. The Labute approximate surface area is 130 Å². The van der Waals surface area contributed by atoms with Crippen LogP contribution in [0.2, 0.25) is 5.02 Å². The van der Waals surface area contributed by atoms with Crippen LogP contribution < -0.4 is 4.74 Å². The van der Waals surface area contributed by atoms with E-state index >= 15 is 0 Å². The van der Waals surface area contributed by atoms with E-state index in [0.717, 1.165) is 5.56 Å². The molecule has 0 N–H and O–H groups in total. The molecule has 0 saturated heterocycles. The number of hydrogen-bond acceptors (Lipinski definition) is 5. The summed E-state index contributed by atoms with van der Waals surface area (Å²) in [6.45, 7) is 1.93. The second-order valence-electron chi connectivity index (χ2n) is 4.67. The first-order valence-corrected chi connectivity index (χ1v) is 6.75. The van der Waals surface area contributed by atoms with Gasteiger partial charge in [-0.25, -0.2) is 9.97 Å². The monoisotopic (exact) mass is 315 g/mol. The maximum Gasteiger partial charge on any atom is 0.313 e. The molecule has 110 valence electrons. The van der Waals surface area contributed by atoms with Gasteiger partial charge >= 0.3 is 5.69 Å². The smallest absolute Gasteiger partial charge is 0.313 e. The van der Waals surface area contributed by atoms with E-state index in [1.165, 1.54) is 24.5 Å². The molecule has 0 radical (unpaired) electrons. The largest absolute Gasteiger partial charge is 0.431 e. The van der Waals surface area contributed by atoms with Crippen molar-refractivity contribution in [2.75, 3.05) is 0 Å². The van der Waals surface area contributed by atoms with Crippen LogP contribution in [0, 0.1) is 17.0 Å². The first-order valence-electron chi connectivity index (χ1n) is 6.38. The Morgan fingerprint density at radius 3 is 2.77 bits per heavy atom. The predicted molar refractivity (Wildman–Crippen MR) is 82.5 cm³/mol. The van der Waals surface area contributed by atoms with Gasteiger partial charge < -0.3 is 4.74 Å². The average Bonchev–Trinajstić information content (AvgIpc) is 2.49. The Bertz CT molecular complexity index is 883. The molecular weight excluding hydrogens is 306 g/mol. The van der Waals surface area contributed by atoms with E-state index < -0.39 is 4.92 Å². The first-order chi connectivity index (χ1) is 10.5. The number of aryl methyl sites for hydroxylation is 1. The third kappa shape index (κ3) is 2.68. The first kappa shape index (κ1) is 14.2. The molecule has 0 spiro atoms. The summed E-state index contributed by atoms with van der Waals surface area (Å²) in [5.74, 6) is 0.343. The average molecular weight is 316 g/mol. The van der Waals surface area contributed by atoms with Gasteiger partial charge in [0.15, 0.2) is 0 Å². The van der Waals surface area contributed by atoms with E-state index in [-0.39, 0.29) is 22.3 Å². The molecule has 7 heteroatoms. The van der Waals surface area contributed by atoms with Crippen molar-refractivity contribution in [2.24, 2.45) is 0 Å². The maximum atomic E-state index is 11.1. The number of ether oxygens (including phenoxy) is 1. The van der Waals surface area contributed by atoms with Crippen LogP contribution in [0.4, 0.5) is 5.69 Å². The molecule has 3 rings (SSSR count). The zero-order valence-electron chi connectivity index (χ0n) is 11.5. The van der Waals surface area contributed by atoms with Crippen LogP contribution in [0.15, 0.2) is 42.7 Å². The van der Waals surface area contributed by atoms with Gasteiger partial charge in [0.1, 0.15) is 6.33 Å². The Morgan fingerprint density at radius 1 is 1.18 bits per heavy atom. The van der Waals surface area contributed by atoms with Crippen molar-refractivity contribution < 1.29 is 9.66 Å². The summed E-state index contributed by atoms with van der Waals surface area (Å²) in [7, 11) is 0. The van der Waals surface area contributed by atoms with Crippen molar-refractivity contribution in [1.82, 2.24) is 9.97 Å². The molecule has 0 saturated carbocycles. The van der Waals surface area contributed by atoms with E-state index in [1.807, 2.05) is 25.1 Å².